The lowest BCUT2D eigenvalue weighted by Crippen LogP contribution is -2.23. The number of nitrogens with zero attached hydrogens (tertiary/aromatic N) is 1. The van der Waals surface area contributed by atoms with E-state index in [-0.39, 0.29) is 12.4 Å². The third kappa shape index (κ3) is 3.00. The van der Waals surface area contributed by atoms with E-state index in [0.717, 1.165) is 5.56 Å². The molecule has 0 heterocycles. The van der Waals surface area contributed by atoms with Crippen molar-refractivity contribution >= 4 is 12.4 Å². The van der Waals surface area contributed by atoms with Crippen molar-refractivity contribution in [2.24, 2.45) is 5.73 Å². The van der Waals surface area contributed by atoms with E-state index in [1.54, 1.807) is 31.2 Å². The topological polar surface area (TPSA) is 70.0 Å². The molecule has 0 aromatic heterocycles. The highest BCUT2D eigenvalue weighted by Gasteiger charge is 2.11. The molecule has 3 N–H and O–H groups in total. The highest BCUT2D eigenvalue weighted by molar-refractivity contribution is 5.85. The van der Waals surface area contributed by atoms with Crippen LogP contribution in [0.4, 0.5) is 0 Å². The van der Waals surface area contributed by atoms with E-state index < -0.39 is 12.1 Å². The second kappa shape index (κ2) is 5.61. The Morgan fingerprint density at radius 1 is 1.50 bits per heavy atom. The zero-order valence-electron chi connectivity index (χ0n) is 7.84. The Balaban J connectivity index is 0.00000169. The molecule has 3 nitrogen and oxygen atoms in total. The van der Waals surface area contributed by atoms with E-state index in [1.165, 1.54) is 0 Å². The van der Waals surface area contributed by atoms with Crippen LogP contribution in [0.15, 0.2) is 24.3 Å². The third-order valence-corrected chi connectivity index (χ3v) is 1.92. The SMILES string of the molecule is C[C@H](O)[C@H](N)c1cccc(C#N)c1.Cl. The molecule has 0 bridgehead atoms. The Morgan fingerprint density at radius 2 is 2.14 bits per heavy atom. The highest BCUT2D eigenvalue weighted by Crippen LogP contribution is 2.14. The van der Waals surface area contributed by atoms with Crippen molar-refractivity contribution in [2.45, 2.75) is 19.1 Å². The molecule has 1 aromatic carbocycles. The van der Waals surface area contributed by atoms with Crippen LogP contribution in [0.5, 0.6) is 0 Å². The van der Waals surface area contributed by atoms with E-state index in [2.05, 4.69) is 0 Å². The maximum absolute atomic E-state index is 9.23. The molecular formula is C10H13ClN2O. The normalized spacial score (nSPS) is 13.6. The third-order valence-electron chi connectivity index (χ3n) is 1.92. The number of halogens is 1. The molecule has 0 saturated heterocycles. The number of hydrogen-bond donors (Lipinski definition) is 2. The minimum absolute atomic E-state index is 0. The molecule has 0 amide bonds. The lowest BCUT2D eigenvalue weighted by Gasteiger charge is -2.14. The van der Waals surface area contributed by atoms with E-state index >= 15 is 0 Å². The van der Waals surface area contributed by atoms with Gasteiger partial charge in [-0.25, -0.2) is 0 Å². The number of benzene rings is 1. The van der Waals surface area contributed by atoms with Crippen LogP contribution >= 0.6 is 12.4 Å². The quantitative estimate of drug-likeness (QED) is 0.778. The van der Waals surface area contributed by atoms with Crippen LogP contribution in [0.25, 0.3) is 0 Å². The molecule has 0 unspecified atom stereocenters. The van der Waals surface area contributed by atoms with Gasteiger partial charge in [-0.2, -0.15) is 5.26 Å². The monoisotopic (exact) mass is 212 g/mol. The summed E-state index contributed by atoms with van der Waals surface area (Å²) in [6.07, 6.45) is -0.603. The summed E-state index contributed by atoms with van der Waals surface area (Å²) in [5, 5.41) is 17.9. The molecule has 76 valence electrons. The van der Waals surface area contributed by atoms with Crippen molar-refractivity contribution in [1.82, 2.24) is 0 Å². The van der Waals surface area contributed by atoms with E-state index in [1.807, 2.05) is 6.07 Å². The van der Waals surface area contributed by atoms with E-state index in [0.29, 0.717) is 5.56 Å². The molecule has 0 saturated carbocycles. The van der Waals surface area contributed by atoms with E-state index in [9.17, 15) is 5.11 Å². The zero-order chi connectivity index (χ0) is 9.84. The molecule has 1 rings (SSSR count). The van der Waals surface area contributed by atoms with Gasteiger partial charge in [0.1, 0.15) is 0 Å². The molecule has 0 fully saturated rings. The van der Waals surface area contributed by atoms with Gasteiger partial charge in [0.05, 0.1) is 23.8 Å². The number of rotatable bonds is 2. The van der Waals surface area contributed by atoms with Gasteiger partial charge in [-0.05, 0) is 24.6 Å². The average molecular weight is 213 g/mol. The first-order valence-corrected chi connectivity index (χ1v) is 4.09. The first-order valence-electron chi connectivity index (χ1n) is 4.09. The summed E-state index contributed by atoms with van der Waals surface area (Å²) >= 11 is 0. The fourth-order valence-corrected chi connectivity index (χ4v) is 1.09. The largest absolute Gasteiger partial charge is 0.391 e. The summed E-state index contributed by atoms with van der Waals surface area (Å²) in [7, 11) is 0. The second-order valence-electron chi connectivity index (χ2n) is 3.00. The van der Waals surface area contributed by atoms with Gasteiger partial charge in [0, 0.05) is 0 Å². The predicted octanol–water partition coefficient (Wildman–Crippen LogP) is 1.36. The number of aliphatic hydroxyl groups excluding tert-OH is 1. The maximum Gasteiger partial charge on any atom is 0.0991 e. The lowest BCUT2D eigenvalue weighted by atomic mass is 10.0. The zero-order valence-corrected chi connectivity index (χ0v) is 8.66. The fraction of sp³-hybridized carbons (Fsp3) is 0.300. The summed E-state index contributed by atoms with van der Waals surface area (Å²) < 4.78 is 0. The molecule has 0 spiro atoms. The molecule has 0 radical (unpaired) electrons. The number of hydrogen-bond acceptors (Lipinski definition) is 3. The van der Waals surface area contributed by atoms with Crippen LogP contribution in [0, 0.1) is 11.3 Å². The Bertz CT molecular complexity index is 333. The minimum atomic E-state index is -0.603. The summed E-state index contributed by atoms with van der Waals surface area (Å²) in [5.41, 5.74) is 7.05. The van der Waals surface area contributed by atoms with Crippen molar-refractivity contribution in [3.8, 4) is 6.07 Å². The van der Waals surface area contributed by atoms with Crippen molar-refractivity contribution in [3.05, 3.63) is 35.4 Å². The molecule has 0 aliphatic carbocycles. The standard InChI is InChI=1S/C10H12N2O.ClH/c1-7(13)10(12)9-4-2-3-8(5-9)6-11;/h2-5,7,10,13H,12H2,1H3;1H/t7-,10-;/m0./s1. The van der Waals surface area contributed by atoms with Gasteiger partial charge in [-0.1, -0.05) is 12.1 Å². The number of aliphatic hydroxyl groups is 1. The van der Waals surface area contributed by atoms with Gasteiger partial charge in [-0.3, -0.25) is 0 Å². The van der Waals surface area contributed by atoms with Crippen LogP contribution in [0.1, 0.15) is 24.1 Å². The first-order chi connectivity index (χ1) is 6.15. The first kappa shape index (κ1) is 12.9. The molecular weight excluding hydrogens is 200 g/mol. The van der Waals surface area contributed by atoms with Crippen LogP contribution in [0.3, 0.4) is 0 Å². The minimum Gasteiger partial charge on any atom is -0.391 e. The Hall–Kier alpha value is -1.08. The predicted molar refractivity (Wildman–Crippen MR) is 57.0 cm³/mol. The summed E-state index contributed by atoms with van der Waals surface area (Å²) in [5.74, 6) is 0. The van der Waals surface area contributed by atoms with Crippen molar-refractivity contribution in [1.29, 1.82) is 5.26 Å². The molecule has 1 aromatic rings. The average Bonchev–Trinajstić information content (AvgIpc) is 2.16. The fourth-order valence-electron chi connectivity index (χ4n) is 1.09. The summed E-state index contributed by atoms with van der Waals surface area (Å²) in [4.78, 5) is 0. The molecule has 0 aliphatic rings. The van der Waals surface area contributed by atoms with Gasteiger partial charge < -0.3 is 10.8 Å². The van der Waals surface area contributed by atoms with Gasteiger partial charge in [0.2, 0.25) is 0 Å². The van der Waals surface area contributed by atoms with Crippen LogP contribution < -0.4 is 5.73 Å². The van der Waals surface area contributed by atoms with Gasteiger partial charge in [0.15, 0.2) is 0 Å². The van der Waals surface area contributed by atoms with Crippen molar-refractivity contribution < 1.29 is 5.11 Å². The van der Waals surface area contributed by atoms with Crippen LogP contribution in [-0.4, -0.2) is 11.2 Å². The van der Waals surface area contributed by atoms with Crippen LogP contribution in [-0.2, 0) is 0 Å². The van der Waals surface area contributed by atoms with Gasteiger partial charge >= 0.3 is 0 Å². The number of nitrogens with two attached hydrogens (primary N) is 1. The maximum atomic E-state index is 9.23. The molecule has 2 atom stereocenters. The molecule has 4 heteroatoms. The summed E-state index contributed by atoms with van der Waals surface area (Å²) in [6, 6.07) is 8.56. The van der Waals surface area contributed by atoms with Crippen LogP contribution in [0.2, 0.25) is 0 Å². The Morgan fingerprint density at radius 3 is 2.64 bits per heavy atom. The van der Waals surface area contributed by atoms with Gasteiger partial charge in [0.25, 0.3) is 0 Å². The molecule has 14 heavy (non-hydrogen) atoms. The van der Waals surface area contributed by atoms with E-state index in [4.69, 9.17) is 11.0 Å². The van der Waals surface area contributed by atoms with Gasteiger partial charge in [-0.15, -0.1) is 12.4 Å². The van der Waals surface area contributed by atoms with Crippen molar-refractivity contribution in [2.75, 3.05) is 0 Å². The Kier molecular flexibility index (Phi) is 5.18. The van der Waals surface area contributed by atoms with Crippen molar-refractivity contribution in [3.63, 3.8) is 0 Å². The lowest BCUT2D eigenvalue weighted by molar-refractivity contribution is 0.164. The number of nitriles is 1. The molecule has 0 aliphatic heterocycles. The highest BCUT2D eigenvalue weighted by atomic mass is 35.5. The second-order valence-corrected chi connectivity index (χ2v) is 3.00. The Labute approximate surface area is 89.6 Å². The summed E-state index contributed by atoms with van der Waals surface area (Å²) in [6.45, 7) is 1.63. The smallest absolute Gasteiger partial charge is 0.0991 e.